The molecule has 6 heteroatoms. The first kappa shape index (κ1) is 15.3. The Bertz CT molecular complexity index is 489. The second-order valence-corrected chi connectivity index (χ2v) is 5.08. The average molecular weight is 285 g/mol. The fraction of sp³-hybridized carbons (Fsp3) is 0.385. The third-order valence-corrected chi connectivity index (χ3v) is 2.77. The van der Waals surface area contributed by atoms with E-state index in [4.69, 9.17) is 16.7 Å². The number of amides is 2. The maximum absolute atomic E-state index is 11.9. The molecule has 0 saturated carbocycles. The second kappa shape index (κ2) is 6.43. The Balaban J connectivity index is 2.91. The molecule has 0 heterocycles. The van der Waals surface area contributed by atoms with E-state index < -0.39 is 5.97 Å². The van der Waals surface area contributed by atoms with E-state index in [-0.39, 0.29) is 22.3 Å². The molecule has 2 amide bonds. The van der Waals surface area contributed by atoms with Crippen molar-refractivity contribution in [2.45, 2.75) is 13.8 Å². The van der Waals surface area contributed by atoms with Crippen LogP contribution < -0.4 is 5.32 Å². The first-order valence-corrected chi connectivity index (χ1v) is 6.24. The van der Waals surface area contributed by atoms with Crippen molar-refractivity contribution in [3.8, 4) is 0 Å². The molecule has 0 aliphatic rings. The van der Waals surface area contributed by atoms with E-state index in [1.807, 2.05) is 13.8 Å². The molecule has 1 rings (SSSR count). The smallest absolute Gasteiger partial charge is 0.339 e. The van der Waals surface area contributed by atoms with Gasteiger partial charge in [0.2, 0.25) is 0 Å². The number of aromatic carboxylic acids is 1. The van der Waals surface area contributed by atoms with Crippen LogP contribution in [0.3, 0.4) is 0 Å². The van der Waals surface area contributed by atoms with Crippen LogP contribution in [-0.2, 0) is 0 Å². The third-order valence-electron chi connectivity index (χ3n) is 2.45. The number of hydrogen-bond acceptors (Lipinski definition) is 2. The lowest BCUT2D eigenvalue weighted by atomic mass is 10.2. The highest BCUT2D eigenvalue weighted by molar-refractivity contribution is 6.34. The molecular weight excluding hydrogens is 268 g/mol. The number of rotatable bonds is 4. The Morgan fingerprint density at radius 2 is 2.05 bits per heavy atom. The number of carbonyl (C=O) groups is 2. The number of hydrogen-bond donors (Lipinski definition) is 2. The summed E-state index contributed by atoms with van der Waals surface area (Å²) in [5.74, 6) is -0.846. The van der Waals surface area contributed by atoms with E-state index in [1.54, 1.807) is 13.1 Å². The molecule has 0 aromatic heterocycles. The molecule has 104 valence electrons. The molecule has 0 aliphatic heterocycles. The zero-order valence-electron chi connectivity index (χ0n) is 11.1. The highest BCUT2D eigenvalue weighted by atomic mass is 35.5. The monoisotopic (exact) mass is 284 g/mol. The Hall–Kier alpha value is -1.75. The van der Waals surface area contributed by atoms with Gasteiger partial charge in [0.25, 0.3) is 0 Å². The van der Waals surface area contributed by atoms with Gasteiger partial charge in [0.1, 0.15) is 5.56 Å². The molecule has 0 atom stereocenters. The van der Waals surface area contributed by atoms with Gasteiger partial charge in [-0.15, -0.1) is 0 Å². The maximum atomic E-state index is 11.9. The molecule has 0 fully saturated rings. The number of nitrogens with zero attached hydrogens (tertiary/aromatic N) is 1. The number of benzene rings is 1. The highest BCUT2D eigenvalue weighted by Gasteiger charge is 2.17. The molecule has 1 aromatic carbocycles. The summed E-state index contributed by atoms with van der Waals surface area (Å²) in [4.78, 5) is 24.5. The zero-order chi connectivity index (χ0) is 14.6. The van der Waals surface area contributed by atoms with Gasteiger partial charge in [0, 0.05) is 13.6 Å². The van der Waals surface area contributed by atoms with E-state index in [9.17, 15) is 9.59 Å². The van der Waals surface area contributed by atoms with Crippen LogP contribution in [0.5, 0.6) is 0 Å². The fourth-order valence-corrected chi connectivity index (χ4v) is 1.94. The number of carboxylic acid groups (broad SMARTS) is 1. The lowest BCUT2D eigenvalue weighted by Gasteiger charge is -2.20. The van der Waals surface area contributed by atoms with Gasteiger partial charge >= 0.3 is 12.0 Å². The fourth-order valence-electron chi connectivity index (χ4n) is 1.69. The number of carbonyl (C=O) groups excluding carboxylic acids is 1. The van der Waals surface area contributed by atoms with Crippen LogP contribution in [0.2, 0.25) is 5.02 Å². The summed E-state index contributed by atoms with van der Waals surface area (Å²) in [7, 11) is 1.65. The van der Waals surface area contributed by atoms with Gasteiger partial charge < -0.3 is 15.3 Å². The molecule has 1 aromatic rings. The molecule has 0 bridgehead atoms. The highest BCUT2D eigenvalue weighted by Crippen LogP contribution is 2.24. The Morgan fingerprint density at radius 1 is 1.42 bits per heavy atom. The first-order valence-electron chi connectivity index (χ1n) is 5.86. The molecule has 0 radical (unpaired) electrons. The van der Waals surface area contributed by atoms with Gasteiger partial charge in [-0.25, -0.2) is 9.59 Å². The van der Waals surface area contributed by atoms with E-state index in [0.717, 1.165) is 0 Å². The molecule has 0 saturated heterocycles. The predicted molar refractivity (Wildman–Crippen MR) is 74.9 cm³/mol. The van der Waals surface area contributed by atoms with E-state index >= 15 is 0 Å². The number of anilines is 1. The van der Waals surface area contributed by atoms with Crippen molar-refractivity contribution in [2.75, 3.05) is 18.9 Å². The molecule has 0 spiro atoms. The van der Waals surface area contributed by atoms with Gasteiger partial charge in [-0.3, -0.25) is 0 Å². The largest absolute Gasteiger partial charge is 0.478 e. The van der Waals surface area contributed by atoms with E-state index in [0.29, 0.717) is 12.5 Å². The maximum Gasteiger partial charge on any atom is 0.339 e. The topological polar surface area (TPSA) is 69.6 Å². The van der Waals surface area contributed by atoms with Crippen molar-refractivity contribution in [1.82, 2.24) is 4.90 Å². The van der Waals surface area contributed by atoms with Gasteiger partial charge in [-0.05, 0) is 18.1 Å². The van der Waals surface area contributed by atoms with Gasteiger partial charge in [-0.2, -0.15) is 0 Å². The average Bonchev–Trinajstić information content (AvgIpc) is 2.27. The lowest BCUT2D eigenvalue weighted by Crippen LogP contribution is -2.34. The van der Waals surface area contributed by atoms with Crippen LogP contribution >= 0.6 is 11.6 Å². The molecule has 0 unspecified atom stereocenters. The number of nitrogens with one attached hydrogen (secondary N) is 1. The minimum atomic E-state index is -1.17. The van der Waals surface area contributed by atoms with Crippen molar-refractivity contribution in [3.05, 3.63) is 28.8 Å². The van der Waals surface area contributed by atoms with Crippen molar-refractivity contribution >= 4 is 29.3 Å². The third kappa shape index (κ3) is 4.13. The van der Waals surface area contributed by atoms with Crippen LogP contribution in [0.15, 0.2) is 18.2 Å². The molecule has 0 aliphatic carbocycles. The Kier molecular flexibility index (Phi) is 5.18. The first-order chi connectivity index (χ1) is 8.82. The van der Waals surface area contributed by atoms with E-state index in [2.05, 4.69) is 5.32 Å². The Morgan fingerprint density at radius 3 is 2.58 bits per heavy atom. The van der Waals surface area contributed by atoms with Crippen molar-refractivity contribution < 1.29 is 14.7 Å². The van der Waals surface area contributed by atoms with E-state index in [1.165, 1.54) is 17.0 Å². The predicted octanol–water partition coefficient (Wildman–Crippen LogP) is 3.16. The van der Waals surface area contributed by atoms with Crippen LogP contribution in [0.25, 0.3) is 0 Å². The van der Waals surface area contributed by atoms with Crippen LogP contribution in [-0.4, -0.2) is 35.6 Å². The number of halogens is 1. The second-order valence-electron chi connectivity index (χ2n) is 4.67. The molecule has 2 N–H and O–H groups in total. The SMILES string of the molecule is CC(C)CN(C)C(=O)Nc1cccc(Cl)c1C(=O)O. The van der Waals surface area contributed by atoms with Crippen LogP contribution in [0, 0.1) is 5.92 Å². The van der Waals surface area contributed by atoms with Gasteiger partial charge in [-0.1, -0.05) is 31.5 Å². The number of urea groups is 1. The summed E-state index contributed by atoms with van der Waals surface area (Å²) in [6, 6.07) is 4.21. The zero-order valence-corrected chi connectivity index (χ0v) is 11.9. The summed E-state index contributed by atoms with van der Waals surface area (Å²) < 4.78 is 0. The Labute approximate surface area is 117 Å². The van der Waals surface area contributed by atoms with Gasteiger partial charge in [0.05, 0.1) is 10.7 Å². The minimum Gasteiger partial charge on any atom is -0.478 e. The van der Waals surface area contributed by atoms with Crippen LogP contribution in [0.4, 0.5) is 10.5 Å². The summed E-state index contributed by atoms with van der Waals surface area (Å²) >= 11 is 5.83. The summed E-state index contributed by atoms with van der Waals surface area (Å²) in [6.07, 6.45) is 0. The standard InChI is InChI=1S/C13H17ClN2O3/c1-8(2)7-16(3)13(19)15-10-6-4-5-9(14)11(10)12(17)18/h4-6,8H,7H2,1-3H3,(H,15,19)(H,17,18). The minimum absolute atomic E-state index is 0.0943. The molecule has 5 nitrogen and oxygen atoms in total. The summed E-state index contributed by atoms with van der Waals surface area (Å²) in [5.41, 5.74) is 0.0936. The van der Waals surface area contributed by atoms with Crippen molar-refractivity contribution in [2.24, 2.45) is 5.92 Å². The molecular formula is C13H17ClN2O3. The van der Waals surface area contributed by atoms with Gasteiger partial charge in [0.15, 0.2) is 0 Å². The van der Waals surface area contributed by atoms with Crippen molar-refractivity contribution in [3.63, 3.8) is 0 Å². The summed E-state index contributed by atoms with van der Waals surface area (Å²) in [6.45, 7) is 4.56. The normalized spacial score (nSPS) is 10.4. The number of carboxylic acids is 1. The molecule has 19 heavy (non-hydrogen) atoms. The quantitative estimate of drug-likeness (QED) is 0.892. The summed E-state index contributed by atoms with van der Waals surface area (Å²) in [5, 5.41) is 11.7. The lowest BCUT2D eigenvalue weighted by molar-refractivity contribution is 0.0698. The van der Waals surface area contributed by atoms with Crippen molar-refractivity contribution in [1.29, 1.82) is 0 Å². The van der Waals surface area contributed by atoms with Crippen LogP contribution in [0.1, 0.15) is 24.2 Å².